The highest BCUT2D eigenvalue weighted by Gasteiger charge is 2.44. The monoisotopic (exact) mass is 308 g/mol. The van der Waals surface area contributed by atoms with Gasteiger partial charge in [-0.05, 0) is 39.0 Å². The number of nitrogens with one attached hydrogen (secondary N) is 2. The van der Waals surface area contributed by atoms with Gasteiger partial charge in [-0.25, -0.2) is 4.79 Å². The first-order valence-electron chi connectivity index (χ1n) is 6.46. The van der Waals surface area contributed by atoms with Crippen molar-refractivity contribution in [1.29, 1.82) is 0 Å². The van der Waals surface area contributed by atoms with E-state index in [4.69, 9.17) is 11.6 Å². The highest BCUT2D eigenvalue weighted by atomic mass is 35.5. The Morgan fingerprint density at radius 3 is 2.57 bits per heavy atom. The second-order valence-electron chi connectivity index (χ2n) is 5.30. The molecule has 7 heteroatoms. The maximum absolute atomic E-state index is 12.1. The second-order valence-corrected chi connectivity index (χ2v) is 5.73. The molecule has 0 unspecified atom stereocenters. The molecule has 0 bridgehead atoms. The number of hydrazone groups is 1. The molecule has 3 amide bonds. The van der Waals surface area contributed by atoms with Crippen molar-refractivity contribution >= 4 is 34.9 Å². The molecule has 0 aliphatic carbocycles. The number of imide groups is 1. The normalized spacial score (nSPS) is 18.0. The van der Waals surface area contributed by atoms with Gasteiger partial charge >= 0.3 is 6.03 Å². The Labute approximate surface area is 128 Å². The Morgan fingerprint density at radius 2 is 2.05 bits per heavy atom. The van der Waals surface area contributed by atoms with Gasteiger partial charge in [0.1, 0.15) is 5.54 Å². The van der Waals surface area contributed by atoms with Crippen molar-refractivity contribution in [3.8, 4) is 0 Å². The van der Waals surface area contributed by atoms with Gasteiger partial charge in [-0.3, -0.25) is 4.79 Å². The third-order valence-electron chi connectivity index (χ3n) is 3.23. The van der Waals surface area contributed by atoms with E-state index in [1.165, 1.54) is 0 Å². The maximum Gasteiger partial charge on any atom is 0.346 e. The molecule has 2 rings (SSSR count). The van der Waals surface area contributed by atoms with Crippen LogP contribution in [0.15, 0.2) is 23.3 Å². The van der Waals surface area contributed by atoms with Crippen LogP contribution in [0.5, 0.6) is 0 Å². The van der Waals surface area contributed by atoms with Crippen LogP contribution in [0.2, 0.25) is 5.02 Å². The molecule has 6 nitrogen and oxygen atoms in total. The summed E-state index contributed by atoms with van der Waals surface area (Å²) >= 11 is 5.99. The average Bonchev–Trinajstić information content (AvgIpc) is 2.60. The highest BCUT2D eigenvalue weighted by Crippen LogP contribution is 2.23. The molecule has 21 heavy (non-hydrogen) atoms. The first-order valence-corrected chi connectivity index (χ1v) is 6.83. The van der Waals surface area contributed by atoms with E-state index < -0.39 is 11.6 Å². The molecule has 1 aliphatic rings. The number of halogens is 1. The van der Waals surface area contributed by atoms with Gasteiger partial charge in [0.2, 0.25) is 0 Å². The predicted molar refractivity (Wildman–Crippen MR) is 82.7 cm³/mol. The Morgan fingerprint density at radius 1 is 1.38 bits per heavy atom. The van der Waals surface area contributed by atoms with Crippen LogP contribution < -0.4 is 10.6 Å². The van der Waals surface area contributed by atoms with E-state index in [1.807, 2.05) is 6.07 Å². The molecular weight excluding hydrogens is 292 g/mol. The van der Waals surface area contributed by atoms with Crippen LogP contribution >= 0.6 is 11.6 Å². The summed E-state index contributed by atoms with van der Waals surface area (Å²) in [5, 5.41) is 11.2. The summed E-state index contributed by atoms with van der Waals surface area (Å²) in [6.07, 6.45) is 0. The lowest BCUT2D eigenvalue weighted by Crippen LogP contribution is -2.39. The van der Waals surface area contributed by atoms with E-state index >= 15 is 0 Å². The topological polar surface area (TPSA) is 73.8 Å². The summed E-state index contributed by atoms with van der Waals surface area (Å²) in [4.78, 5) is 24.0. The van der Waals surface area contributed by atoms with Crippen molar-refractivity contribution in [3.63, 3.8) is 0 Å². The SMILES string of the molecule is CNc1ccc(Cl)cc1/C(C)=N/N1C(=O)NC(C)(C)C1=O. The van der Waals surface area contributed by atoms with E-state index in [9.17, 15) is 9.59 Å². The standard InChI is InChI=1S/C14H17ClN4O2/c1-8(10-7-9(15)5-6-11(10)16-4)18-19-12(20)14(2,3)17-13(19)21/h5-7,16H,1-4H3,(H,17,21)/b18-8+. The lowest BCUT2D eigenvalue weighted by atomic mass is 10.1. The zero-order valence-electron chi connectivity index (χ0n) is 12.3. The fourth-order valence-electron chi connectivity index (χ4n) is 2.06. The molecule has 0 atom stereocenters. The van der Waals surface area contributed by atoms with Crippen molar-refractivity contribution < 1.29 is 9.59 Å². The number of benzene rings is 1. The minimum absolute atomic E-state index is 0.389. The van der Waals surface area contributed by atoms with Crippen LogP contribution in [0.25, 0.3) is 0 Å². The third-order valence-corrected chi connectivity index (χ3v) is 3.46. The molecule has 1 fully saturated rings. The van der Waals surface area contributed by atoms with Gasteiger partial charge in [0.15, 0.2) is 0 Å². The van der Waals surface area contributed by atoms with E-state index in [0.29, 0.717) is 10.7 Å². The highest BCUT2D eigenvalue weighted by molar-refractivity contribution is 6.31. The number of hydrogen-bond donors (Lipinski definition) is 2. The molecule has 0 saturated carbocycles. The van der Waals surface area contributed by atoms with Gasteiger partial charge in [0.05, 0.1) is 5.71 Å². The molecule has 0 radical (unpaired) electrons. The first kappa shape index (κ1) is 15.3. The minimum Gasteiger partial charge on any atom is -0.388 e. The number of amides is 3. The summed E-state index contributed by atoms with van der Waals surface area (Å²) in [5.41, 5.74) is 1.12. The average molecular weight is 309 g/mol. The summed E-state index contributed by atoms with van der Waals surface area (Å²) in [6.45, 7) is 4.99. The van der Waals surface area contributed by atoms with E-state index in [0.717, 1.165) is 16.3 Å². The van der Waals surface area contributed by atoms with Crippen molar-refractivity contribution in [2.24, 2.45) is 5.10 Å². The first-order chi connectivity index (χ1) is 9.76. The van der Waals surface area contributed by atoms with Crippen molar-refractivity contribution in [3.05, 3.63) is 28.8 Å². The molecule has 0 aromatic heterocycles. The van der Waals surface area contributed by atoms with Gasteiger partial charge < -0.3 is 10.6 Å². The van der Waals surface area contributed by atoms with Gasteiger partial charge in [0.25, 0.3) is 5.91 Å². The Hall–Kier alpha value is -2.08. The molecule has 1 aromatic carbocycles. The fraction of sp³-hybridized carbons (Fsp3) is 0.357. The minimum atomic E-state index is -0.943. The van der Waals surface area contributed by atoms with Crippen molar-refractivity contribution in [1.82, 2.24) is 10.3 Å². The summed E-state index contributed by atoms with van der Waals surface area (Å²) in [7, 11) is 1.77. The summed E-state index contributed by atoms with van der Waals surface area (Å²) < 4.78 is 0. The zero-order chi connectivity index (χ0) is 15.8. The smallest absolute Gasteiger partial charge is 0.346 e. The molecule has 1 aromatic rings. The van der Waals surface area contributed by atoms with Crippen LogP contribution in [0.3, 0.4) is 0 Å². The number of nitrogens with zero attached hydrogens (tertiary/aromatic N) is 2. The molecule has 2 N–H and O–H groups in total. The number of anilines is 1. The molecule has 1 aliphatic heterocycles. The third kappa shape index (κ3) is 2.85. The van der Waals surface area contributed by atoms with Crippen LogP contribution in [0, 0.1) is 0 Å². The van der Waals surface area contributed by atoms with Crippen LogP contribution in [-0.4, -0.2) is 35.2 Å². The van der Waals surface area contributed by atoms with Gasteiger partial charge in [-0.15, -0.1) is 5.01 Å². The molecular formula is C14H17ClN4O2. The van der Waals surface area contributed by atoms with Gasteiger partial charge in [-0.2, -0.15) is 5.10 Å². The molecule has 1 heterocycles. The lowest BCUT2D eigenvalue weighted by Gasteiger charge is -2.14. The zero-order valence-corrected chi connectivity index (χ0v) is 13.1. The van der Waals surface area contributed by atoms with E-state index in [2.05, 4.69) is 15.7 Å². The van der Waals surface area contributed by atoms with Crippen molar-refractivity contribution in [2.45, 2.75) is 26.3 Å². The molecule has 112 valence electrons. The van der Waals surface area contributed by atoms with Gasteiger partial charge in [-0.1, -0.05) is 11.6 Å². The Balaban J connectivity index is 2.40. The Bertz CT molecular complexity index is 640. The number of carbonyl (C=O) groups is 2. The predicted octanol–water partition coefficient (Wildman–Crippen LogP) is 2.44. The Kier molecular flexibility index (Phi) is 3.91. The van der Waals surface area contributed by atoms with Crippen LogP contribution in [0.1, 0.15) is 26.3 Å². The van der Waals surface area contributed by atoms with E-state index in [-0.39, 0.29) is 5.91 Å². The number of rotatable bonds is 3. The number of carbonyl (C=O) groups excluding carboxylic acids is 2. The van der Waals surface area contributed by atoms with Crippen LogP contribution in [-0.2, 0) is 4.79 Å². The molecule has 1 saturated heterocycles. The summed E-state index contributed by atoms with van der Waals surface area (Å²) in [5.74, 6) is -0.389. The number of urea groups is 1. The quantitative estimate of drug-likeness (QED) is 0.665. The second kappa shape index (κ2) is 5.37. The van der Waals surface area contributed by atoms with Crippen molar-refractivity contribution in [2.75, 3.05) is 12.4 Å². The fourth-order valence-corrected chi connectivity index (χ4v) is 2.23. The summed E-state index contributed by atoms with van der Waals surface area (Å²) in [6, 6.07) is 4.76. The van der Waals surface area contributed by atoms with E-state index in [1.54, 1.807) is 40.0 Å². The largest absolute Gasteiger partial charge is 0.388 e. The maximum atomic E-state index is 12.1. The van der Waals surface area contributed by atoms with Gasteiger partial charge in [0, 0.05) is 23.3 Å². The lowest BCUT2D eigenvalue weighted by molar-refractivity contribution is -0.130. The number of hydrogen-bond acceptors (Lipinski definition) is 4. The molecule has 0 spiro atoms. The van der Waals surface area contributed by atoms with Crippen LogP contribution in [0.4, 0.5) is 10.5 Å².